The molecule has 0 radical (unpaired) electrons. The van der Waals surface area contributed by atoms with Crippen LogP contribution in [-0.4, -0.2) is 22.9 Å². The van der Waals surface area contributed by atoms with Crippen LogP contribution in [0.5, 0.6) is 0 Å². The lowest BCUT2D eigenvalue weighted by Gasteiger charge is -2.31. The van der Waals surface area contributed by atoms with E-state index in [1.807, 2.05) is 29.2 Å². The van der Waals surface area contributed by atoms with Crippen LogP contribution in [0.2, 0.25) is 0 Å². The monoisotopic (exact) mass is 282 g/mol. The Kier molecular flexibility index (Phi) is 4.99. The maximum Gasteiger partial charge on any atom is 0.254 e. The van der Waals surface area contributed by atoms with E-state index in [2.05, 4.69) is 20.8 Å². The number of amides is 1. The molecule has 1 aliphatic rings. The fourth-order valence-electron chi connectivity index (χ4n) is 2.88. The van der Waals surface area contributed by atoms with Crippen molar-refractivity contribution in [1.29, 1.82) is 0 Å². The second-order valence-corrected chi connectivity index (χ2v) is 5.94. The van der Waals surface area contributed by atoms with E-state index in [-0.39, 0.29) is 23.9 Å². The highest BCUT2D eigenvalue weighted by Crippen LogP contribution is 2.33. The van der Waals surface area contributed by atoms with Crippen molar-refractivity contribution in [3.05, 3.63) is 35.4 Å². The van der Waals surface area contributed by atoms with Crippen LogP contribution >= 0.6 is 12.4 Å². The zero-order valence-electron chi connectivity index (χ0n) is 11.8. The normalized spacial score (nSPS) is 21.1. The van der Waals surface area contributed by atoms with Crippen LogP contribution < -0.4 is 5.73 Å². The molecule has 106 valence electrons. The molecule has 19 heavy (non-hydrogen) atoms. The fraction of sp³-hybridized carbons (Fsp3) is 0.533. The van der Waals surface area contributed by atoms with E-state index in [9.17, 15) is 4.79 Å². The minimum Gasteiger partial charge on any atom is -0.333 e. The van der Waals surface area contributed by atoms with E-state index in [1.165, 1.54) is 0 Å². The predicted molar refractivity (Wildman–Crippen MR) is 80.5 cm³/mol. The van der Waals surface area contributed by atoms with Crippen molar-refractivity contribution in [3.8, 4) is 0 Å². The number of benzene rings is 1. The summed E-state index contributed by atoms with van der Waals surface area (Å²) in [6.07, 6.45) is 1.07. The average molecular weight is 283 g/mol. The van der Waals surface area contributed by atoms with Crippen molar-refractivity contribution in [1.82, 2.24) is 4.90 Å². The molecule has 4 heteroatoms. The van der Waals surface area contributed by atoms with E-state index in [0.29, 0.717) is 12.5 Å². The summed E-state index contributed by atoms with van der Waals surface area (Å²) < 4.78 is 0. The quantitative estimate of drug-likeness (QED) is 0.907. The number of halogens is 1. The molecule has 1 aliphatic heterocycles. The Morgan fingerprint density at radius 3 is 2.37 bits per heavy atom. The molecular weight excluding hydrogens is 260 g/mol. The number of carbonyl (C=O) groups is 1. The van der Waals surface area contributed by atoms with Crippen molar-refractivity contribution in [3.63, 3.8) is 0 Å². The molecule has 1 fully saturated rings. The summed E-state index contributed by atoms with van der Waals surface area (Å²) in [6, 6.07) is 7.62. The second kappa shape index (κ2) is 5.93. The Morgan fingerprint density at radius 2 is 1.95 bits per heavy atom. The Balaban J connectivity index is 0.00000180. The lowest BCUT2D eigenvalue weighted by molar-refractivity contribution is 0.0650. The van der Waals surface area contributed by atoms with Gasteiger partial charge in [-0.25, -0.2) is 0 Å². The Hall–Kier alpha value is -1.06. The van der Waals surface area contributed by atoms with Gasteiger partial charge in [-0.15, -0.1) is 12.4 Å². The summed E-state index contributed by atoms with van der Waals surface area (Å²) in [6.45, 7) is 7.85. The molecule has 1 aromatic rings. The molecule has 2 rings (SSSR count). The van der Waals surface area contributed by atoms with E-state index in [1.54, 1.807) is 0 Å². The zero-order chi connectivity index (χ0) is 13.3. The number of nitrogens with two attached hydrogens (primary N) is 1. The van der Waals surface area contributed by atoms with Gasteiger partial charge in [-0.05, 0) is 43.9 Å². The van der Waals surface area contributed by atoms with Gasteiger partial charge in [-0.3, -0.25) is 4.79 Å². The summed E-state index contributed by atoms with van der Waals surface area (Å²) in [7, 11) is 0. The molecule has 1 atom stereocenters. The van der Waals surface area contributed by atoms with Crippen molar-refractivity contribution >= 4 is 18.3 Å². The maximum absolute atomic E-state index is 12.5. The van der Waals surface area contributed by atoms with Crippen LogP contribution in [-0.2, 0) is 6.54 Å². The zero-order valence-corrected chi connectivity index (χ0v) is 12.7. The summed E-state index contributed by atoms with van der Waals surface area (Å²) >= 11 is 0. The van der Waals surface area contributed by atoms with Crippen molar-refractivity contribution in [2.45, 2.75) is 39.3 Å². The molecule has 0 spiro atoms. The average Bonchev–Trinajstić information content (AvgIpc) is 2.61. The molecule has 0 saturated carbocycles. The van der Waals surface area contributed by atoms with E-state index in [4.69, 9.17) is 5.73 Å². The largest absolute Gasteiger partial charge is 0.333 e. The van der Waals surface area contributed by atoms with Crippen LogP contribution in [0.3, 0.4) is 0 Å². The third-order valence-electron chi connectivity index (χ3n) is 3.75. The predicted octanol–water partition coefficient (Wildman–Crippen LogP) is 2.83. The number of carbonyl (C=O) groups excluding carboxylic acids is 1. The molecule has 3 nitrogen and oxygen atoms in total. The summed E-state index contributed by atoms with van der Waals surface area (Å²) in [5.41, 5.74) is 7.34. The molecule has 0 aliphatic carbocycles. The van der Waals surface area contributed by atoms with Gasteiger partial charge in [-0.1, -0.05) is 19.1 Å². The fourth-order valence-corrected chi connectivity index (χ4v) is 2.88. The smallest absolute Gasteiger partial charge is 0.254 e. The number of hydrogen-bond donors (Lipinski definition) is 1. The standard InChI is InChI=1S/C15H22N2O.ClH/c1-11-8-15(2,3)17(10-11)14(18)13-6-4-12(9-16)5-7-13;/h4-7,11H,8-10,16H2,1-3H3;1H. The summed E-state index contributed by atoms with van der Waals surface area (Å²) in [4.78, 5) is 14.5. The SMILES string of the molecule is CC1CN(C(=O)c2ccc(CN)cc2)C(C)(C)C1.Cl. The highest BCUT2D eigenvalue weighted by atomic mass is 35.5. The van der Waals surface area contributed by atoms with Crippen LogP contribution in [0.4, 0.5) is 0 Å². The highest BCUT2D eigenvalue weighted by molar-refractivity contribution is 5.95. The molecule has 1 amide bonds. The minimum absolute atomic E-state index is 0. The van der Waals surface area contributed by atoms with Crippen LogP contribution in [0.1, 0.15) is 43.1 Å². The van der Waals surface area contributed by atoms with Gasteiger partial charge < -0.3 is 10.6 Å². The Labute approximate surface area is 121 Å². The van der Waals surface area contributed by atoms with Gasteiger partial charge in [0.15, 0.2) is 0 Å². The highest BCUT2D eigenvalue weighted by Gasteiger charge is 2.39. The molecular formula is C15H23ClN2O. The first-order valence-corrected chi connectivity index (χ1v) is 6.55. The second-order valence-electron chi connectivity index (χ2n) is 5.94. The number of rotatable bonds is 2. The van der Waals surface area contributed by atoms with Gasteiger partial charge in [0.2, 0.25) is 0 Å². The van der Waals surface area contributed by atoms with E-state index in [0.717, 1.165) is 24.1 Å². The topological polar surface area (TPSA) is 46.3 Å². The molecule has 1 unspecified atom stereocenters. The molecule has 2 N–H and O–H groups in total. The number of nitrogens with zero attached hydrogens (tertiary/aromatic N) is 1. The van der Waals surface area contributed by atoms with Crippen LogP contribution in [0.15, 0.2) is 24.3 Å². The Morgan fingerprint density at radius 1 is 1.37 bits per heavy atom. The first-order chi connectivity index (χ1) is 8.44. The molecule has 1 saturated heterocycles. The van der Waals surface area contributed by atoms with Gasteiger partial charge in [0.25, 0.3) is 5.91 Å². The third-order valence-corrected chi connectivity index (χ3v) is 3.75. The molecule has 1 heterocycles. The first-order valence-electron chi connectivity index (χ1n) is 6.55. The van der Waals surface area contributed by atoms with Gasteiger partial charge in [-0.2, -0.15) is 0 Å². The Bertz CT molecular complexity index is 442. The van der Waals surface area contributed by atoms with Gasteiger partial charge >= 0.3 is 0 Å². The number of likely N-dealkylation sites (tertiary alicyclic amines) is 1. The van der Waals surface area contributed by atoms with Gasteiger partial charge in [0.05, 0.1) is 0 Å². The van der Waals surface area contributed by atoms with E-state index >= 15 is 0 Å². The maximum atomic E-state index is 12.5. The van der Waals surface area contributed by atoms with Crippen LogP contribution in [0, 0.1) is 5.92 Å². The van der Waals surface area contributed by atoms with Crippen molar-refractivity contribution in [2.24, 2.45) is 11.7 Å². The number of hydrogen-bond acceptors (Lipinski definition) is 2. The van der Waals surface area contributed by atoms with Gasteiger partial charge in [0, 0.05) is 24.2 Å². The summed E-state index contributed by atoms with van der Waals surface area (Å²) in [5, 5.41) is 0. The van der Waals surface area contributed by atoms with Crippen molar-refractivity contribution < 1.29 is 4.79 Å². The summed E-state index contributed by atoms with van der Waals surface area (Å²) in [5.74, 6) is 0.709. The minimum atomic E-state index is -0.0387. The lowest BCUT2D eigenvalue weighted by Crippen LogP contribution is -2.42. The van der Waals surface area contributed by atoms with E-state index < -0.39 is 0 Å². The van der Waals surface area contributed by atoms with Gasteiger partial charge in [0.1, 0.15) is 0 Å². The molecule has 0 bridgehead atoms. The third kappa shape index (κ3) is 3.28. The lowest BCUT2D eigenvalue weighted by atomic mass is 9.97. The van der Waals surface area contributed by atoms with Crippen LogP contribution in [0.25, 0.3) is 0 Å². The molecule has 0 aromatic heterocycles. The first kappa shape index (κ1) is 16.0. The van der Waals surface area contributed by atoms with Crippen molar-refractivity contribution in [2.75, 3.05) is 6.54 Å². The molecule has 1 aromatic carbocycles.